The van der Waals surface area contributed by atoms with E-state index in [0.29, 0.717) is 12.5 Å². The maximum atomic E-state index is 14.3. The summed E-state index contributed by atoms with van der Waals surface area (Å²) in [4.78, 5) is 13.5. The fraction of sp³-hybridized carbons (Fsp3) is 0.500. The molecule has 0 saturated carbocycles. The van der Waals surface area contributed by atoms with Crippen molar-refractivity contribution >= 4 is 5.91 Å². The van der Waals surface area contributed by atoms with Gasteiger partial charge in [-0.05, 0) is 48.4 Å². The maximum absolute atomic E-state index is 14.3. The summed E-state index contributed by atoms with van der Waals surface area (Å²) in [5.41, 5.74) is 1.73. The van der Waals surface area contributed by atoms with Crippen molar-refractivity contribution in [2.45, 2.75) is 45.4 Å². The molecule has 0 saturated heterocycles. The molecular weight excluding hydrogens is 376 g/mol. The first-order chi connectivity index (χ1) is 13.8. The highest BCUT2D eigenvalue weighted by Crippen LogP contribution is 2.42. The van der Waals surface area contributed by atoms with Gasteiger partial charge < -0.3 is 10.0 Å². The third kappa shape index (κ3) is 4.45. The molecule has 1 N–H and O–H groups in total. The Balaban J connectivity index is 2.03. The second-order valence-corrected chi connectivity index (χ2v) is 7.98. The Morgan fingerprint density at radius 2 is 1.93 bits per heavy atom. The fourth-order valence-corrected chi connectivity index (χ4v) is 4.20. The van der Waals surface area contributed by atoms with E-state index in [2.05, 4.69) is 24.0 Å². The maximum Gasteiger partial charge on any atom is 0.219 e. The normalized spacial score (nSPS) is 18.6. The third-order valence-corrected chi connectivity index (χ3v) is 5.75. The van der Waals surface area contributed by atoms with Crippen LogP contribution in [0.25, 0.3) is 11.3 Å². The molecule has 1 aromatic carbocycles. The summed E-state index contributed by atoms with van der Waals surface area (Å²) in [6, 6.07) is 5.50. The number of amides is 1. The molecule has 1 heterocycles. The number of aromatic nitrogens is 2. The lowest BCUT2D eigenvalue weighted by Crippen LogP contribution is -2.37. The van der Waals surface area contributed by atoms with Crippen molar-refractivity contribution in [2.24, 2.45) is 5.92 Å². The van der Waals surface area contributed by atoms with Crippen LogP contribution in [0.2, 0.25) is 0 Å². The van der Waals surface area contributed by atoms with Gasteiger partial charge in [0.2, 0.25) is 5.91 Å². The number of rotatable bonds is 6. The van der Waals surface area contributed by atoms with Crippen LogP contribution in [-0.4, -0.2) is 45.8 Å². The molecule has 2 atom stereocenters. The molecule has 29 heavy (non-hydrogen) atoms. The van der Waals surface area contributed by atoms with Crippen LogP contribution in [-0.2, 0) is 4.79 Å². The van der Waals surface area contributed by atoms with Gasteiger partial charge in [0.15, 0.2) is 0 Å². The van der Waals surface area contributed by atoms with Crippen LogP contribution in [0, 0.1) is 17.6 Å². The predicted molar refractivity (Wildman–Crippen MR) is 106 cm³/mol. The second kappa shape index (κ2) is 8.95. The van der Waals surface area contributed by atoms with Crippen LogP contribution < -0.4 is 0 Å². The van der Waals surface area contributed by atoms with Crippen molar-refractivity contribution in [1.82, 2.24) is 15.1 Å². The summed E-state index contributed by atoms with van der Waals surface area (Å²) in [6.07, 6.45) is 1.73. The quantitative estimate of drug-likeness (QED) is 0.795. The second-order valence-electron chi connectivity index (χ2n) is 7.98. The number of hydrogen-bond acceptors (Lipinski definition) is 4. The molecule has 5 nitrogen and oxygen atoms in total. The lowest BCUT2D eigenvalue weighted by Gasteiger charge is -2.35. The van der Waals surface area contributed by atoms with E-state index in [0.717, 1.165) is 24.1 Å². The van der Waals surface area contributed by atoms with Gasteiger partial charge in [-0.2, -0.15) is 10.2 Å². The molecule has 7 heteroatoms. The zero-order chi connectivity index (χ0) is 21.1. The summed E-state index contributed by atoms with van der Waals surface area (Å²) >= 11 is 0. The molecule has 1 aromatic heterocycles. The fourth-order valence-electron chi connectivity index (χ4n) is 4.20. The van der Waals surface area contributed by atoms with Crippen molar-refractivity contribution in [2.75, 3.05) is 19.7 Å². The van der Waals surface area contributed by atoms with Crippen LogP contribution >= 0.6 is 0 Å². The smallest absolute Gasteiger partial charge is 0.219 e. The number of carbonyl (C=O) groups excluding carboxylic acids is 1. The van der Waals surface area contributed by atoms with Crippen LogP contribution in [0.5, 0.6) is 0 Å². The number of fused-ring (bicyclic) bond motifs is 1. The number of aliphatic hydroxyl groups excluding tert-OH is 1. The Morgan fingerprint density at radius 3 is 2.52 bits per heavy atom. The summed E-state index contributed by atoms with van der Waals surface area (Å²) in [5, 5.41) is 17.8. The largest absolute Gasteiger partial charge is 0.395 e. The first-order valence-corrected chi connectivity index (χ1v) is 10.0. The number of halogens is 2. The first kappa shape index (κ1) is 21.3. The van der Waals surface area contributed by atoms with E-state index in [-0.39, 0.29) is 42.2 Å². The highest BCUT2D eigenvalue weighted by Gasteiger charge is 2.33. The van der Waals surface area contributed by atoms with Gasteiger partial charge in [0.25, 0.3) is 0 Å². The molecule has 1 amide bonds. The van der Waals surface area contributed by atoms with Crippen molar-refractivity contribution in [3.8, 4) is 11.3 Å². The minimum absolute atomic E-state index is 0.0255. The molecule has 0 bridgehead atoms. The number of nitrogens with zero attached hydrogens (tertiary/aromatic N) is 3. The van der Waals surface area contributed by atoms with Crippen molar-refractivity contribution in [3.63, 3.8) is 0 Å². The predicted octanol–water partition coefficient (Wildman–Crippen LogP) is 3.88. The molecular formula is C22H27F2N3O2. The Bertz CT molecular complexity index is 868. The highest BCUT2D eigenvalue weighted by molar-refractivity contribution is 5.73. The summed E-state index contributed by atoms with van der Waals surface area (Å²) in [6.45, 7) is 6.31. The molecule has 3 rings (SSSR count). The van der Waals surface area contributed by atoms with Crippen LogP contribution in [0.4, 0.5) is 8.78 Å². The molecule has 0 radical (unpaired) electrons. The number of benzene rings is 1. The van der Waals surface area contributed by atoms with Crippen LogP contribution in [0.1, 0.15) is 56.7 Å². The van der Waals surface area contributed by atoms with E-state index >= 15 is 0 Å². The Morgan fingerprint density at radius 1 is 1.24 bits per heavy atom. The molecule has 2 unspecified atom stereocenters. The van der Waals surface area contributed by atoms with Crippen LogP contribution in [0.15, 0.2) is 24.3 Å². The van der Waals surface area contributed by atoms with Crippen LogP contribution in [0.3, 0.4) is 0 Å². The molecule has 2 aromatic rings. The Hall–Kier alpha value is -2.41. The number of carbonyl (C=O) groups is 1. The topological polar surface area (TPSA) is 66.3 Å². The molecule has 156 valence electrons. The van der Waals surface area contributed by atoms with E-state index in [1.807, 2.05) is 0 Å². The van der Waals surface area contributed by atoms with E-state index in [1.54, 1.807) is 11.0 Å². The Labute approximate surface area is 169 Å². The molecule has 0 aliphatic heterocycles. The number of aliphatic hydroxyl groups is 1. The zero-order valence-electron chi connectivity index (χ0n) is 17.0. The summed E-state index contributed by atoms with van der Waals surface area (Å²) in [5.74, 6) is -0.934. The van der Waals surface area contributed by atoms with Gasteiger partial charge in [0.1, 0.15) is 11.6 Å². The van der Waals surface area contributed by atoms with E-state index < -0.39 is 11.6 Å². The highest BCUT2D eigenvalue weighted by atomic mass is 19.1. The van der Waals surface area contributed by atoms with Gasteiger partial charge in [-0.15, -0.1) is 0 Å². The molecule has 1 aliphatic carbocycles. The van der Waals surface area contributed by atoms with Gasteiger partial charge in [-0.25, -0.2) is 8.78 Å². The standard InChI is InChI=1S/C22H27F2N3O2/c1-13(2)16-8-7-15(12-27(9-10-28)14(3)29)22-17(16)11-20(25-26-22)21-18(23)5-4-6-19(21)24/h4-6,11,13,15-16,28H,7-10,12H2,1-3H3. The van der Waals surface area contributed by atoms with Gasteiger partial charge in [-0.1, -0.05) is 19.9 Å². The monoisotopic (exact) mass is 403 g/mol. The average molecular weight is 403 g/mol. The zero-order valence-corrected chi connectivity index (χ0v) is 17.0. The SMILES string of the molecule is CC(=O)N(CCO)CC1CCC(C(C)C)c2cc(-c3c(F)cccc3F)nnc21. The third-order valence-electron chi connectivity index (χ3n) is 5.75. The van der Waals surface area contributed by atoms with E-state index in [9.17, 15) is 18.7 Å². The van der Waals surface area contributed by atoms with E-state index in [1.165, 1.54) is 25.1 Å². The van der Waals surface area contributed by atoms with Crippen molar-refractivity contribution < 1.29 is 18.7 Å². The molecule has 0 fully saturated rings. The van der Waals surface area contributed by atoms with Gasteiger partial charge in [-0.3, -0.25) is 4.79 Å². The van der Waals surface area contributed by atoms with Crippen molar-refractivity contribution in [1.29, 1.82) is 0 Å². The van der Waals surface area contributed by atoms with E-state index in [4.69, 9.17) is 0 Å². The van der Waals surface area contributed by atoms with Gasteiger partial charge in [0.05, 0.1) is 23.6 Å². The average Bonchev–Trinajstić information content (AvgIpc) is 2.67. The minimum atomic E-state index is -0.668. The first-order valence-electron chi connectivity index (χ1n) is 10.0. The Kier molecular flexibility index (Phi) is 6.57. The van der Waals surface area contributed by atoms with Gasteiger partial charge in [0, 0.05) is 25.9 Å². The molecule has 0 spiro atoms. The minimum Gasteiger partial charge on any atom is -0.395 e. The van der Waals surface area contributed by atoms with Gasteiger partial charge >= 0.3 is 0 Å². The summed E-state index contributed by atoms with van der Waals surface area (Å²) < 4.78 is 28.5. The lowest BCUT2D eigenvalue weighted by molar-refractivity contribution is -0.129. The summed E-state index contributed by atoms with van der Waals surface area (Å²) in [7, 11) is 0. The number of hydrogen-bond donors (Lipinski definition) is 1. The van der Waals surface area contributed by atoms with Crippen molar-refractivity contribution in [3.05, 3.63) is 47.2 Å². The molecule has 1 aliphatic rings. The lowest BCUT2D eigenvalue weighted by atomic mass is 9.74.